The molecule has 0 bridgehead atoms. The third kappa shape index (κ3) is 4.96. The Morgan fingerprint density at radius 3 is 2.57 bits per heavy atom. The lowest BCUT2D eigenvalue weighted by molar-refractivity contribution is -0.137. The van der Waals surface area contributed by atoms with Crippen LogP contribution in [0.5, 0.6) is 0 Å². The fourth-order valence-electron chi connectivity index (χ4n) is 2.19. The van der Waals surface area contributed by atoms with E-state index in [1.165, 1.54) is 18.1 Å². The molecular weight excluding hydrogens is 298 g/mol. The molecule has 1 aromatic heterocycles. The molecule has 2 aromatic rings. The van der Waals surface area contributed by atoms with E-state index in [1.807, 2.05) is 30.3 Å². The number of hydrogen-bond donors (Lipinski definition) is 1. The molecule has 23 heavy (non-hydrogen) atoms. The third-order valence-electron chi connectivity index (χ3n) is 3.29. The minimum atomic E-state index is -1.06. The summed E-state index contributed by atoms with van der Waals surface area (Å²) in [6.45, 7) is 0.192. The van der Waals surface area contributed by atoms with Crippen LogP contribution in [0, 0.1) is 0 Å². The summed E-state index contributed by atoms with van der Waals surface area (Å²) < 4.78 is 10.3. The number of hydrogen-bond acceptors (Lipinski definition) is 4. The zero-order chi connectivity index (χ0) is 16.7. The first-order valence-electron chi connectivity index (χ1n) is 7.23. The lowest BCUT2D eigenvalue weighted by atomic mass is 10.1. The van der Waals surface area contributed by atoms with Crippen LogP contribution in [0.4, 0.5) is 0 Å². The van der Waals surface area contributed by atoms with E-state index >= 15 is 0 Å². The summed E-state index contributed by atoms with van der Waals surface area (Å²) in [5.41, 5.74) is 1.04. The van der Waals surface area contributed by atoms with E-state index < -0.39 is 11.9 Å². The van der Waals surface area contributed by atoms with Crippen molar-refractivity contribution in [2.45, 2.75) is 13.0 Å². The van der Waals surface area contributed by atoms with Gasteiger partial charge in [0, 0.05) is 13.7 Å². The van der Waals surface area contributed by atoms with Gasteiger partial charge < -0.3 is 19.2 Å². The van der Waals surface area contributed by atoms with Gasteiger partial charge in [0.05, 0.1) is 0 Å². The van der Waals surface area contributed by atoms with Crippen molar-refractivity contribution in [1.82, 2.24) is 4.90 Å². The number of carbonyl (C=O) groups is 2. The van der Waals surface area contributed by atoms with E-state index in [4.69, 9.17) is 14.3 Å². The molecule has 1 N–H and O–H groups in total. The van der Waals surface area contributed by atoms with Crippen molar-refractivity contribution in [3.63, 3.8) is 0 Å². The van der Waals surface area contributed by atoms with Gasteiger partial charge in [-0.3, -0.25) is 9.59 Å². The maximum Gasteiger partial charge on any atom is 0.323 e. The maximum absolute atomic E-state index is 12.4. The molecule has 1 amide bonds. The van der Waals surface area contributed by atoms with Crippen LogP contribution in [0.3, 0.4) is 0 Å². The Balaban J connectivity index is 2.06. The highest BCUT2D eigenvalue weighted by molar-refractivity contribution is 5.93. The van der Waals surface area contributed by atoms with E-state index in [2.05, 4.69) is 0 Å². The Morgan fingerprint density at radius 1 is 1.17 bits per heavy atom. The van der Waals surface area contributed by atoms with Crippen molar-refractivity contribution in [2.24, 2.45) is 0 Å². The Hall–Kier alpha value is -2.60. The van der Waals surface area contributed by atoms with Gasteiger partial charge in [0.2, 0.25) is 0 Å². The molecule has 0 saturated carbocycles. The summed E-state index contributed by atoms with van der Waals surface area (Å²) in [4.78, 5) is 24.7. The molecule has 0 aliphatic carbocycles. The first-order chi connectivity index (χ1) is 11.1. The first kappa shape index (κ1) is 16.8. The molecule has 0 unspecified atom stereocenters. The molecule has 1 heterocycles. The number of amides is 1. The van der Waals surface area contributed by atoms with Gasteiger partial charge in [0.15, 0.2) is 5.76 Å². The summed E-state index contributed by atoms with van der Waals surface area (Å²) in [5.74, 6) is -0.860. The van der Waals surface area contributed by atoms with Crippen LogP contribution in [0.15, 0.2) is 46.9 Å². The Morgan fingerprint density at radius 2 is 1.91 bits per heavy atom. The largest absolute Gasteiger partial charge is 0.480 e. The predicted octanol–water partition coefficient (Wildman–Crippen LogP) is 2.20. The molecule has 1 aromatic carbocycles. The lowest BCUT2D eigenvalue weighted by Gasteiger charge is -2.19. The van der Waals surface area contributed by atoms with Crippen molar-refractivity contribution in [1.29, 1.82) is 0 Å². The molecular formula is C17H19NO5. The summed E-state index contributed by atoms with van der Waals surface area (Å²) in [7, 11) is 1.53. The van der Waals surface area contributed by atoms with Crippen LogP contribution >= 0.6 is 0 Å². The number of nitrogens with zero attached hydrogens (tertiary/aromatic N) is 1. The molecule has 0 atom stereocenters. The van der Waals surface area contributed by atoms with Crippen LogP contribution in [-0.2, 0) is 22.6 Å². The highest BCUT2D eigenvalue weighted by Crippen LogP contribution is 2.12. The SMILES string of the molecule is COCc1ccc(C(=O)N(CCc2ccccc2)CC(=O)O)o1. The van der Waals surface area contributed by atoms with Crippen molar-refractivity contribution in [3.05, 3.63) is 59.5 Å². The molecule has 0 spiro atoms. The number of furan rings is 1. The zero-order valence-electron chi connectivity index (χ0n) is 12.9. The van der Waals surface area contributed by atoms with Gasteiger partial charge in [-0.05, 0) is 24.1 Å². The number of rotatable bonds is 8. The third-order valence-corrected chi connectivity index (χ3v) is 3.29. The molecule has 0 fully saturated rings. The number of ether oxygens (including phenoxy) is 1. The molecule has 0 saturated heterocycles. The second-order valence-corrected chi connectivity index (χ2v) is 5.06. The Bertz CT molecular complexity index is 650. The van der Waals surface area contributed by atoms with Gasteiger partial charge >= 0.3 is 5.97 Å². The van der Waals surface area contributed by atoms with Gasteiger partial charge in [-0.2, -0.15) is 0 Å². The van der Waals surface area contributed by atoms with Crippen molar-refractivity contribution in [2.75, 3.05) is 20.2 Å². The average Bonchev–Trinajstić information content (AvgIpc) is 3.00. The number of carboxylic acid groups (broad SMARTS) is 1. The second-order valence-electron chi connectivity index (χ2n) is 5.06. The Kier molecular flexibility index (Phi) is 5.94. The number of benzene rings is 1. The predicted molar refractivity (Wildman–Crippen MR) is 83.1 cm³/mol. The van der Waals surface area contributed by atoms with Crippen molar-refractivity contribution >= 4 is 11.9 Å². The van der Waals surface area contributed by atoms with Gasteiger partial charge in [-0.1, -0.05) is 30.3 Å². The van der Waals surface area contributed by atoms with E-state index in [9.17, 15) is 9.59 Å². The van der Waals surface area contributed by atoms with Gasteiger partial charge in [-0.15, -0.1) is 0 Å². The number of methoxy groups -OCH3 is 1. The first-order valence-corrected chi connectivity index (χ1v) is 7.23. The standard InChI is InChI=1S/C17H19NO5/c1-22-12-14-7-8-15(23-14)17(21)18(11-16(19)20)10-9-13-5-3-2-4-6-13/h2-8H,9-12H2,1H3,(H,19,20). The Labute approximate surface area is 134 Å². The molecule has 122 valence electrons. The van der Waals surface area contributed by atoms with Crippen LogP contribution < -0.4 is 0 Å². The highest BCUT2D eigenvalue weighted by atomic mass is 16.5. The lowest BCUT2D eigenvalue weighted by Crippen LogP contribution is -2.37. The molecule has 0 aliphatic heterocycles. The number of carbonyl (C=O) groups excluding carboxylic acids is 1. The average molecular weight is 317 g/mol. The van der Waals surface area contributed by atoms with Gasteiger partial charge in [0.25, 0.3) is 5.91 Å². The minimum absolute atomic E-state index is 0.117. The number of carboxylic acids is 1. The molecule has 0 aliphatic rings. The molecule has 6 nitrogen and oxygen atoms in total. The summed E-state index contributed by atoms with van der Waals surface area (Å²) >= 11 is 0. The number of aliphatic carboxylic acids is 1. The molecule has 2 rings (SSSR count). The normalized spacial score (nSPS) is 10.5. The van der Waals surface area contributed by atoms with E-state index in [1.54, 1.807) is 6.07 Å². The van der Waals surface area contributed by atoms with Gasteiger partial charge in [0.1, 0.15) is 18.9 Å². The quantitative estimate of drug-likeness (QED) is 0.807. The summed E-state index contributed by atoms with van der Waals surface area (Å²) in [5, 5.41) is 9.02. The van der Waals surface area contributed by atoms with Crippen LogP contribution in [-0.4, -0.2) is 42.1 Å². The van der Waals surface area contributed by atoms with Crippen molar-refractivity contribution < 1.29 is 23.8 Å². The maximum atomic E-state index is 12.4. The summed E-state index contributed by atoms with van der Waals surface area (Å²) in [6, 6.07) is 12.8. The molecule has 6 heteroatoms. The zero-order valence-corrected chi connectivity index (χ0v) is 12.9. The molecule has 0 radical (unpaired) electrons. The van der Waals surface area contributed by atoms with Crippen molar-refractivity contribution in [3.8, 4) is 0 Å². The fraction of sp³-hybridized carbons (Fsp3) is 0.294. The van der Waals surface area contributed by atoms with Gasteiger partial charge in [-0.25, -0.2) is 0 Å². The van der Waals surface area contributed by atoms with E-state index in [-0.39, 0.29) is 18.9 Å². The van der Waals surface area contributed by atoms with Crippen LogP contribution in [0.2, 0.25) is 0 Å². The minimum Gasteiger partial charge on any atom is -0.480 e. The van der Waals surface area contributed by atoms with Crippen LogP contribution in [0.1, 0.15) is 21.9 Å². The monoisotopic (exact) mass is 317 g/mol. The second kappa shape index (κ2) is 8.14. The highest BCUT2D eigenvalue weighted by Gasteiger charge is 2.21. The fourth-order valence-corrected chi connectivity index (χ4v) is 2.19. The topological polar surface area (TPSA) is 80.0 Å². The smallest absolute Gasteiger partial charge is 0.323 e. The van der Waals surface area contributed by atoms with E-state index in [0.29, 0.717) is 18.7 Å². The summed E-state index contributed by atoms with van der Waals surface area (Å²) in [6.07, 6.45) is 0.575. The van der Waals surface area contributed by atoms with E-state index in [0.717, 1.165) is 5.56 Å². The van der Waals surface area contributed by atoms with Crippen LogP contribution in [0.25, 0.3) is 0 Å².